The summed E-state index contributed by atoms with van der Waals surface area (Å²) >= 11 is 0. The number of ketones is 2. The van der Waals surface area contributed by atoms with Crippen molar-refractivity contribution in [1.29, 1.82) is 0 Å². The zero-order valence-electron chi connectivity index (χ0n) is 19.6. The van der Waals surface area contributed by atoms with Crippen molar-refractivity contribution in [2.45, 2.75) is 53.4 Å². The van der Waals surface area contributed by atoms with Crippen LogP contribution in [0.25, 0.3) is 0 Å². The van der Waals surface area contributed by atoms with Gasteiger partial charge in [0.2, 0.25) is 11.8 Å². The first-order valence-corrected chi connectivity index (χ1v) is 11.6. The fourth-order valence-electron chi connectivity index (χ4n) is 4.57. The molecule has 1 unspecified atom stereocenters. The van der Waals surface area contributed by atoms with Crippen molar-refractivity contribution >= 4 is 29.1 Å². The van der Waals surface area contributed by atoms with Gasteiger partial charge in [0.05, 0.1) is 0 Å². The molecule has 0 aromatic heterocycles. The van der Waals surface area contributed by atoms with Crippen LogP contribution in [0.1, 0.15) is 74.1 Å². The second-order valence-corrected chi connectivity index (χ2v) is 9.76. The predicted octanol–water partition coefficient (Wildman–Crippen LogP) is 2.98. The third kappa shape index (κ3) is 5.44. The van der Waals surface area contributed by atoms with Gasteiger partial charge in [0.1, 0.15) is 0 Å². The SMILES string of the molecule is CC(=O)c1cc(N2CC3(CCNCC3)C2)ccc1C(=O)C(C)C.CC1CCC(=O)NC1=O. The summed E-state index contributed by atoms with van der Waals surface area (Å²) in [5.74, 6) is -0.346. The summed E-state index contributed by atoms with van der Waals surface area (Å²) in [6.45, 7) is 11.4. The average molecular weight is 442 g/mol. The fourth-order valence-corrected chi connectivity index (χ4v) is 4.57. The molecule has 3 heterocycles. The Bertz CT molecular complexity index is 894. The molecule has 7 nitrogen and oxygen atoms in total. The standard InChI is InChI=1S/C19H26N2O2.C6H9NO2/c1-13(2)18(23)16-5-4-15(10-17(16)14(3)22)21-11-19(12-21)6-8-20-9-7-19;1-4-2-3-5(8)7-6(4)9/h4-5,10,13,20H,6-9,11-12H2,1-3H3;4H,2-3H2,1H3,(H,7,8,9). The number of Topliss-reactive ketones (excluding diaryl/α,β-unsaturated/α-hetero) is 2. The van der Waals surface area contributed by atoms with Crippen LogP contribution < -0.4 is 15.5 Å². The zero-order chi connectivity index (χ0) is 23.5. The van der Waals surface area contributed by atoms with Crippen LogP contribution in [0.4, 0.5) is 5.69 Å². The van der Waals surface area contributed by atoms with Gasteiger partial charge < -0.3 is 10.2 Å². The van der Waals surface area contributed by atoms with Crippen LogP contribution in [0.2, 0.25) is 0 Å². The molecule has 3 saturated heterocycles. The molecule has 0 saturated carbocycles. The Hall–Kier alpha value is -2.54. The number of carbonyl (C=O) groups is 4. The molecule has 2 amide bonds. The topological polar surface area (TPSA) is 95.6 Å². The molecule has 0 radical (unpaired) electrons. The maximum absolute atomic E-state index is 12.3. The highest BCUT2D eigenvalue weighted by molar-refractivity contribution is 6.09. The number of anilines is 1. The van der Waals surface area contributed by atoms with Crippen LogP contribution in [0.3, 0.4) is 0 Å². The maximum atomic E-state index is 12.3. The third-order valence-corrected chi connectivity index (χ3v) is 6.77. The molecule has 4 rings (SSSR count). The van der Waals surface area contributed by atoms with E-state index in [0.29, 0.717) is 29.4 Å². The number of hydrogen-bond donors (Lipinski definition) is 2. The molecule has 1 aromatic rings. The number of nitrogens with zero attached hydrogens (tertiary/aromatic N) is 1. The highest BCUT2D eigenvalue weighted by Crippen LogP contribution is 2.41. The highest BCUT2D eigenvalue weighted by Gasteiger charge is 2.43. The van der Waals surface area contributed by atoms with Crippen LogP contribution in [0.5, 0.6) is 0 Å². The summed E-state index contributed by atoms with van der Waals surface area (Å²) in [4.78, 5) is 47.8. The third-order valence-electron chi connectivity index (χ3n) is 6.77. The van der Waals surface area contributed by atoms with Crippen LogP contribution >= 0.6 is 0 Å². The van der Waals surface area contributed by atoms with E-state index in [1.165, 1.54) is 12.8 Å². The van der Waals surface area contributed by atoms with E-state index in [1.807, 2.05) is 39.0 Å². The number of rotatable bonds is 4. The van der Waals surface area contributed by atoms with E-state index in [4.69, 9.17) is 0 Å². The molecule has 3 aliphatic rings. The van der Waals surface area contributed by atoms with Crippen LogP contribution in [0, 0.1) is 17.3 Å². The fraction of sp³-hybridized carbons (Fsp3) is 0.600. The van der Waals surface area contributed by atoms with E-state index in [-0.39, 0.29) is 35.2 Å². The lowest BCUT2D eigenvalue weighted by Crippen LogP contribution is -2.60. The van der Waals surface area contributed by atoms with Gasteiger partial charge in [-0.2, -0.15) is 0 Å². The Labute approximate surface area is 190 Å². The average Bonchev–Trinajstić information content (AvgIpc) is 2.74. The van der Waals surface area contributed by atoms with Crippen molar-refractivity contribution in [3.63, 3.8) is 0 Å². The largest absolute Gasteiger partial charge is 0.370 e. The summed E-state index contributed by atoms with van der Waals surface area (Å²) in [7, 11) is 0. The lowest BCUT2D eigenvalue weighted by atomic mass is 9.72. The van der Waals surface area contributed by atoms with Crippen LogP contribution in [0.15, 0.2) is 18.2 Å². The molecular weight excluding hydrogens is 406 g/mol. The Morgan fingerprint density at radius 3 is 2.28 bits per heavy atom. The first-order valence-electron chi connectivity index (χ1n) is 11.6. The van der Waals surface area contributed by atoms with Gasteiger partial charge in [0.25, 0.3) is 0 Å². The van der Waals surface area contributed by atoms with Crippen molar-refractivity contribution in [3.8, 4) is 0 Å². The molecule has 3 fully saturated rings. The molecule has 1 atom stereocenters. The molecule has 2 N–H and O–H groups in total. The number of imide groups is 1. The van der Waals surface area contributed by atoms with Gasteiger partial charge in [-0.15, -0.1) is 0 Å². The first-order chi connectivity index (χ1) is 15.1. The van der Waals surface area contributed by atoms with Crippen molar-refractivity contribution in [1.82, 2.24) is 10.6 Å². The number of carbonyl (C=O) groups excluding carboxylic acids is 4. The highest BCUT2D eigenvalue weighted by atomic mass is 16.2. The molecular formula is C25H35N3O4. The van der Waals surface area contributed by atoms with Crippen molar-refractivity contribution in [3.05, 3.63) is 29.3 Å². The van der Waals surface area contributed by atoms with Gasteiger partial charge in [-0.25, -0.2) is 0 Å². The van der Waals surface area contributed by atoms with E-state index in [1.54, 1.807) is 6.92 Å². The molecule has 1 spiro atoms. The lowest BCUT2D eigenvalue weighted by Gasteiger charge is -2.53. The van der Waals surface area contributed by atoms with Gasteiger partial charge in [-0.3, -0.25) is 24.5 Å². The quantitative estimate of drug-likeness (QED) is 0.551. The Kier molecular flexibility index (Phi) is 7.49. The summed E-state index contributed by atoms with van der Waals surface area (Å²) in [5.41, 5.74) is 2.65. The second kappa shape index (κ2) is 9.94. The van der Waals surface area contributed by atoms with Gasteiger partial charge in [0, 0.05) is 53.6 Å². The molecule has 0 bridgehead atoms. The van der Waals surface area contributed by atoms with Crippen LogP contribution in [-0.2, 0) is 9.59 Å². The number of nitrogens with one attached hydrogen (secondary N) is 2. The molecule has 32 heavy (non-hydrogen) atoms. The predicted molar refractivity (Wildman–Crippen MR) is 124 cm³/mol. The van der Waals surface area contributed by atoms with E-state index in [9.17, 15) is 19.2 Å². The number of amides is 2. The molecule has 3 aliphatic heterocycles. The normalized spacial score (nSPS) is 22.0. The minimum absolute atomic E-state index is 0.0164. The first kappa shape index (κ1) is 24.1. The Morgan fingerprint density at radius 2 is 1.75 bits per heavy atom. The summed E-state index contributed by atoms with van der Waals surface area (Å²) in [6, 6.07) is 5.74. The van der Waals surface area contributed by atoms with Gasteiger partial charge in [-0.05, 0) is 57.5 Å². The Balaban J connectivity index is 0.000000269. The molecule has 1 aromatic carbocycles. The summed E-state index contributed by atoms with van der Waals surface area (Å²) in [6.07, 6.45) is 3.65. The Morgan fingerprint density at radius 1 is 1.09 bits per heavy atom. The summed E-state index contributed by atoms with van der Waals surface area (Å²) in [5, 5.41) is 5.67. The summed E-state index contributed by atoms with van der Waals surface area (Å²) < 4.78 is 0. The monoisotopic (exact) mass is 441 g/mol. The number of benzene rings is 1. The van der Waals surface area contributed by atoms with E-state index in [0.717, 1.165) is 31.9 Å². The van der Waals surface area contributed by atoms with Crippen LogP contribution in [-0.4, -0.2) is 49.6 Å². The number of hydrogen-bond acceptors (Lipinski definition) is 6. The number of piperidine rings is 2. The van der Waals surface area contributed by atoms with Crippen molar-refractivity contribution < 1.29 is 19.2 Å². The minimum Gasteiger partial charge on any atom is -0.370 e. The van der Waals surface area contributed by atoms with E-state index >= 15 is 0 Å². The molecule has 0 aliphatic carbocycles. The molecule has 174 valence electrons. The van der Waals surface area contributed by atoms with Crippen molar-refractivity contribution in [2.24, 2.45) is 17.3 Å². The van der Waals surface area contributed by atoms with E-state index < -0.39 is 0 Å². The van der Waals surface area contributed by atoms with Crippen molar-refractivity contribution in [2.75, 3.05) is 31.1 Å². The molecule has 7 heteroatoms. The van der Waals surface area contributed by atoms with Gasteiger partial charge >= 0.3 is 0 Å². The second-order valence-electron chi connectivity index (χ2n) is 9.76. The van der Waals surface area contributed by atoms with Gasteiger partial charge in [0.15, 0.2) is 11.6 Å². The maximum Gasteiger partial charge on any atom is 0.229 e. The minimum atomic E-state index is -0.141. The zero-order valence-corrected chi connectivity index (χ0v) is 19.6. The van der Waals surface area contributed by atoms with E-state index in [2.05, 4.69) is 15.5 Å². The van der Waals surface area contributed by atoms with Gasteiger partial charge in [-0.1, -0.05) is 20.8 Å². The smallest absolute Gasteiger partial charge is 0.229 e. The lowest BCUT2D eigenvalue weighted by molar-refractivity contribution is -0.135.